The van der Waals surface area contributed by atoms with E-state index in [0.29, 0.717) is 18.7 Å². The molecule has 3 rings (SSSR count). The molecular weight excluding hydrogens is 243 g/mol. The molecule has 1 aliphatic heterocycles. The quantitative estimate of drug-likeness (QED) is 0.847. The summed E-state index contributed by atoms with van der Waals surface area (Å²) in [4.78, 5) is 6.02. The predicted molar refractivity (Wildman–Crippen MR) is 69.7 cm³/mol. The van der Waals surface area contributed by atoms with Crippen molar-refractivity contribution in [3.05, 3.63) is 53.0 Å². The second-order valence-corrected chi connectivity index (χ2v) is 4.47. The summed E-state index contributed by atoms with van der Waals surface area (Å²) in [6, 6.07) is 8.50. The number of nitrogen functional groups attached to an aromatic ring is 1. The van der Waals surface area contributed by atoms with Gasteiger partial charge in [-0.05, 0) is 29.3 Å². The number of nitriles is 1. The smallest absolute Gasteiger partial charge is 0.141 e. The zero-order chi connectivity index (χ0) is 13.4. The summed E-state index contributed by atoms with van der Waals surface area (Å²) in [7, 11) is 0. The first kappa shape index (κ1) is 11.5. The summed E-state index contributed by atoms with van der Waals surface area (Å²) in [5, 5.41) is 9.14. The fourth-order valence-corrected chi connectivity index (χ4v) is 2.35. The van der Waals surface area contributed by atoms with Crippen LogP contribution in [0.5, 0.6) is 0 Å². The third-order valence-corrected chi connectivity index (χ3v) is 3.30. The van der Waals surface area contributed by atoms with Gasteiger partial charge >= 0.3 is 0 Å². The Morgan fingerprint density at radius 2 is 2.21 bits per heavy atom. The maximum absolute atomic E-state index is 13.2. The fourth-order valence-electron chi connectivity index (χ4n) is 2.35. The first-order valence-electron chi connectivity index (χ1n) is 5.86. The van der Waals surface area contributed by atoms with Crippen molar-refractivity contribution >= 4 is 11.5 Å². The standard InChI is InChI=1S/C14H11FN4/c15-10-2-1-3-11(4-10)19-7-9-6-18-14(17)12(5-16)13(9)8-19/h1-4,6H,7-8H2,(H2,17,18). The number of hydrogen-bond acceptors (Lipinski definition) is 4. The van der Waals surface area contributed by atoms with Gasteiger partial charge in [-0.2, -0.15) is 5.26 Å². The Morgan fingerprint density at radius 1 is 1.37 bits per heavy atom. The average Bonchev–Trinajstić information content (AvgIpc) is 2.83. The summed E-state index contributed by atoms with van der Waals surface area (Å²) in [6.07, 6.45) is 1.69. The van der Waals surface area contributed by atoms with E-state index in [9.17, 15) is 4.39 Å². The van der Waals surface area contributed by atoms with Crippen LogP contribution in [0, 0.1) is 17.1 Å². The maximum Gasteiger partial charge on any atom is 0.141 e. The normalized spacial score (nSPS) is 13.2. The number of rotatable bonds is 1. The summed E-state index contributed by atoms with van der Waals surface area (Å²) in [5.74, 6) is -0.0195. The Hall–Kier alpha value is -2.61. The number of nitrogens with zero attached hydrogens (tertiary/aromatic N) is 3. The van der Waals surface area contributed by atoms with Gasteiger partial charge in [0.15, 0.2) is 0 Å². The minimum atomic E-state index is -0.272. The van der Waals surface area contributed by atoms with Gasteiger partial charge in [0, 0.05) is 25.0 Å². The lowest BCUT2D eigenvalue weighted by Crippen LogP contribution is -2.14. The van der Waals surface area contributed by atoms with Crippen LogP contribution in [0.4, 0.5) is 15.9 Å². The molecule has 0 aliphatic carbocycles. The van der Waals surface area contributed by atoms with Gasteiger partial charge < -0.3 is 10.6 Å². The van der Waals surface area contributed by atoms with Gasteiger partial charge in [-0.1, -0.05) is 6.07 Å². The SMILES string of the molecule is N#Cc1c(N)ncc2c1CN(c1cccc(F)c1)C2. The average molecular weight is 254 g/mol. The summed E-state index contributed by atoms with van der Waals surface area (Å²) in [6.45, 7) is 1.16. The molecule has 0 bridgehead atoms. The molecule has 2 aromatic rings. The Labute approximate surface area is 109 Å². The van der Waals surface area contributed by atoms with Crippen LogP contribution in [0.25, 0.3) is 0 Å². The fraction of sp³-hybridized carbons (Fsp3) is 0.143. The molecule has 1 aliphatic rings. The van der Waals surface area contributed by atoms with Crippen LogP contribution in [-0.4, -0.2) is 4.98 Å². The molecular formula is C14H11FN4. The van der Waals surface area contributed by atoms with Crippen molar-refractivity contribution in [2.24, 2.45) is 0 Å². The third kappa shape index (κ3) is 1.87. The van der Waals surface area contributed by atoms with E-state index in [2.05, 4.69) is 11.1 Å². The lowest BCUT2D eigenvalue weighted by atomic mass is 10.1. The minimum Gasteiger partial charge on any atom is -0.383 e. The summed E-state index contributed by atoms with van der Waals surface area (Å²) in [5.41, 5.74) is 8.77. The van der Waals surface area contributed by atoms with Crippen molar-refractivity contribution in [2.45, 2.75) is 13.1 Å². The van der Waals surface area contributed by atoms with E-state index >= 15 is 0 Å². The number of hydrogen-bond donors (Lipinski definition) is 1. The van der Waals surface area contributed by atoms with Gasteiger partial charge in [0.05, 0.1) is 5.56 Å². The molecule has 0 saturated carbocycles. The van der Waals surface area contributed by atoms with Crippen molar-refractivity contribution in [1.82, 2.24) is 4.98 Å². The predicted octanol–water partition coefficient (Wildman–Crippen LogP) is 2.19. The van der Waals surface area contributed by atoms with E-state index in [0.717, 1.165) is 16.8 Å². The lowest BCUT2D eigenvalue weighted by Gasteiger charge is -2.17. The number of aromatic nitrogens is 1. The van der Waals surface area contributed by atoms with Gasteiger partial charge in [0.25, 0.3) is 0 Å². The molecule has 0 radical (unpaired) electrons. The maximum atomic E-state index is 13.2. The molecule has 2 N–H and O–H groups in total. The number of benzene rings is 1. The third-order valence-electron chi connectivity index (χ3n) is 3.30. The molecule has 0 amide bonds. The topological polar surface area (TPSA) is 65.9 Å². The van der Waals surface area contributed by atoms with E-state index < -0.39 is 0 Å². The molecule has 1 aromatic heterocycles. The summed E-state index contributed by atoms with van der Waals surface area (Å²) < 4.78 is 13.2. The molecule has 1 aromatic carbocycles. The highest BCUT2D eigenvalue weighted by Crippen LogP contribution is 2.31. The van der Waals surface area contributed by atoms with E-state index in [4.69, 9.17) is 11.0 Å². The second-order valence-electron chi connectivity index (χ2n) is 4.47. The lowest BCUT2D eigenvalue weighted by molar-refractivity contribution is 0.626. The van der Waals surface area contributed by atoms with Crippen LogP contribution in [-0.2, 0) is 13.1 Å². The van der Waals surface area contributed by atoms with E-state index in [1.807, 2.05) is 11.0 Å². The highest BCUT2D eigenvalue weighted by atomic mass is 19.1. The largest absolute Gasteiger partial charge is 0.383 e. The first-order valence-corrected chi connectivity index (χ1v) is 5.86. The zero-order valence-corrected chi connectivity index (χ0v) is 10.1. The minimum absolute atomic E-state index is 0.252. The van der Waals surface area contributed by atoms with Crippen LogP contribution in [0.2, 0.25) is 0 Å². The highest BCUT2D eigenvalue weighted by Gasteiger charge is 2.24. The Balaban J connectivity index is 1.99. The van der Waals surface area contributed by atoms with Crippen LogP contribution >= 0.6 is 0 Å². The Morgan fingerprint density at radius 3 is 2.95 bits per heavy atom. The molecule has 2 heterocycles. The molecule has 0 unspecified atom stereocenters. The van der Waals surface area contributed by atoms with Crippen LogP contribution in [0.1, 0.15) is 16.7 Å². The van der Waals surface area contributed by atoms with Crippen molar-refractivity contribution in [3.63, 3.8) is 0 Å². The first-order chi connectivity index (χ1) is 9.19. The number of fused-ring (bicyclic) bond motifs is 1. The van der Waals surface area contributed by atoms with E-state index in [-0.39, 0.29) is 11.6 Å². The van der Waals surface area contributed by atoms with Crippen molar-refractivity contribution in [1.29, 1.82) is 5.26 Å². The molecule has 0 spiro atoms. The second kappa shape index (κ2) is 4.25. The highest BCUT2D eigenvalue weighted by molar-refractivity contribution is 5.60. The molecule has 0 saturated heterocycles. The van der Waals surface area contributed by atoms with Crippen molar-refractivity contribution < 1.29 is 4.39 Å². The molecule has 4 nitrogen and oxygen atoms in total. The molecule has 94 valence electrons. The number of anilines is 2. The molecule has 5 heteroatoms. The van der Waals surface area contributed by atoms with Gasteiger partial charge in [-0.15, -0.1) is 0 Å². The Bertz CT molecular complexity index is 690. The van der Waals surface area contributed by atoms with Crippen molar-refractivity contribution in [3.8, 4) is 6.07 Å². The van der Waals surface area contributed by atoms with Gasteiger partial charge in [-0.3, -0.25) is 0 Å². The molecule has 0 atom stereocenters. The number of nitrogens with two attached hydrogens (primary N) is 1. The van der Waals surface area contributed by atoms with Crippen LogP contribution < -0.4 is 10.6 Å². The number of pyridine rings is 1. The molecule has 19 heavy (non-hydrogen) atoms. The van der Waals surface area contributed by atoms with Crippen LogP contribution in [0.15, 0.2) is 30.5 Å². The van der Waals surface area contributed by atoms with Gasteiger partial charge in [-0.25, -0.2) is 9.37 Å². The zero-order valence-electron chi connectivity index (χ0n) is 10.1. The van der Waals surface area contributed by atoms with Crippen molar-refractivity contribution in [2.75, 3.05) is 10.6 Å². The van der Waals surface area contributed by atoms with Gasteiger partial charge in [0.2, 0.25) is 0 Å². The Kier molecular flexibility index (Phi) is 2.57. The molecule has 0 fully saturated rings. The van der Waals surface area contributed by atoms with E-state index in [1.54, 1.807) is 12.3 Å². The van der Waals surface area contributed by atoms with Crippen LogP contribution in [0.3, 0.4) is 0 Å². The summed E-state index contributed by atoms with van der Waals surface area (Å²) >= 11 is 0. The van der Waals surface area contributed by atoms with Gasteiger partial charge in [0.1, 0.15) is 17.7 Å². The number of halogens is 1. The monoisotopic (exact) mass is 254 g/mol. The van der Waals surface area contributed by atoms with E-state index in [1.165, 1.54) is 12.1 Å².